The lowest BCUT2D eigenvalue weighted by atomic mass is 10.2. The highest BCUT2D eigenvalue weighted by molar-refractivity contribution is 6.32. The molecular formula is C13H14ClNO3. The highest BCUT2D eigenvalue weighted by Gasteiger charge is 2.18. The fourth-order valence-electron chi connectivity index (χ4n) is 1.63. The largest absolute Gasteiger partial charge is 0.489 e. The number of nitrogens with one attached hydrogen (secondary N) is 1. The van der Waals surface area contributed by atoms with Gasteiger partial charge in [-0.3, -0.25) is 4.79 Å². The summed E-state index contributed by atoms with van der Waals surface area (Å²) in [6.07, 6.45) is 2.41. The summed E-state index contributed by atoms with van der Waals surface area (Å²) in [5, 5.41) is 3.07. The molecule has 1 aromatic carbocycles. The second kappa shape index (κ2) is 5.78. The summed E-state index contributed by atoms with van der Waals surface area (Å²) in [5.74, 6) is 0.811. The first-order valence-electron chi connectivity index (χ1n) is 5.70. The Bertz CT molecular complexity index is 474. The van der Waals surface area contributed by atoms with Crippen LogP contribution >= 0.6 is 11.6 Å². The molecule has 1 aliphatic heterocycles. The topological polar surface area (TPSA) is 47.6 Å². The minimum Gasteiger partial charge on any atom is -0.489 e. The molecule has 0 aromatic heterocycles. The van der Waals surface area contributed by atoms with Gasteiger partial charge in [-0.1, -0.05) is 17.7 Å². The number of ether oxygens (including phenoxy) is 2. The van der Waals surface area contributed by atoms with E-state index in [1.807, 2.05) is 0 Å². The zero-order valence-electron chi connectivity index (χ0n) is 9.87. The average molecular weight is 268 g/mol. The van der Waals surface area contributed by atoms with E-state index in [-0.39, 0.29) is 5.91 Å². The van der Waals surface area contributed by atoms with Crippen molar-refractivity contribution in [1.82, 2.24) is 5.32 Å². The van der Waals surface area contributed by atoms with Crippen molar-refractivity contribution >= 4 is 17.5 Å². The highest BCUT2D eigenvalue weighted by atomic mass is 35.5. The average Bonchev–Trinajstić information content (AvgIpc) is 2.61. The van der Waals surface area contributed by atoms with Crippen LogP contribution in [0.3, 0.4) is 0 Å². The third-order valence-corrected chi connectivity index (χ3v) is 2.75. The van der Waals surface area contributed by atoms with E-state index >= 15 is 0 Å². The summed E-state index contributed by atoms with van der Waals surface area (Å²) in [5.41, 5.74) is 0.450. The first-order valence-corrected chi connectivity index (χ1v) is 6.08. The third-order valence-electron chi connectivity index (χ3n) is 2.47. The Morgan fingerprint density at radius 1 is 1.44 bits per heavy atom. The highest BCUT2D eigenvalue weighted by Crippen LogP contribution is 2.37. The quantitative estimate of drug-likeness (QED) is 0.856. The fourth-order valence-corrected chi connectivity index (χ4v) is 1.89. The number of halogens is 1. The monoisotopic (exact) mass is 267 g/mol. The van der Waals surface area contributed by atoms with E-state index in [1.165, 1.54) is 0 Å². The van der Waals surface area contributed by atoms with Gasteiger partial charge in [-0.25, -0.2) is 0 Å². The molecule has 5 heteroatoms. The first-order chi connectivity index (χ1) is 8.72. The molecule has 1 aliphatic rings. The Morgan fingerprint density at radius 3 is 3.00 bits per heavy atom. The van der Waals surface area contributed by atoms with Gasteiger partial charge in [0.1, 0.15) is 0 Å². The molecule has 4 nitrogen and oxygen atoms in total. The van der Waals surface area contributed by atoms with Gasteiger partial charge < -0.3 is 14.8 Å². The molecule has 18 heavy (non-hydrogen) atoms. The summed E-state index contributed by atoms with van der Waals surface area (Å²) in [7, 11) is 0. The van der Waals surface area contributed by atoms with Crippen molar-refractivity contribution in [3.63, 3.8) is 0 Å². The number of hydrogen-bond acceptors (Lipinski definition) is 3. The minimum atomic E-state index is -0.215. The maximum absolute atomic E-state index is 11.8. The number of amides is 1. The van der Waals surface area contributed by atoms with E-state index in [0.717, 1.165) is 6.42 Å². The van der Waals surface area contributed by atoms with Gasteiger partial charge in [0.25, 0.3) is 5.91 Å². The van der Waals surface area contributed by atoms with Gasteiger partial charge in [-0.2, -0.15) is 0 Å². The second-order valence-electron chi connectivity index (χ2n) is 3.83. The fraction of sp³-hybridized carbons (Fsp3) is 0.308. The van der Waals surface area contributed by atoms with E-state index in [2.05, 4.69) is 11.9 Å². The molecule has 0 bridgehead atoms. The van der Waals surface area contributed by atoms with Crippen LogP contribution in [0.5, 0.6) is 11.5 Å². The summed E-state index contributed by atoms with van der Waals surface area (Å²) in [4.78, 5) is 11.8. The smallest absolute Gasteiger partial charge is 0.251 e. The molecule has 1 N–H and O–H groups in total. The van der Waals surface area contributed by atoms with Crippen LogP contribution in [0.4, 0.5) is 0 Å². The van der Waals surface area contributed by atoms with E-state index in [1.54, 1.807) is 18.2 Å². The van der Waals surface area contributed by atoms with Crippen LogP contribution in [0.1, 0.15) is 16.8 Å². The summed E-state index contributed by atoms with van der Waals surface area (Å²) >= 11 is 6.09. The van der Waals surface area contributed by atoms with Gasteiger partial charge in [0, 0.05) is 18.5 Å². The summed E-state index contributed by atoms with van der Waals surface area (Å²) in [6.45, 7) is 5.07. The lowest BCUT2D eigenvalue weighted by Gasteiger charge is -2.11. The zero-order chi connectivity index (χ0) is 13.0. The Kier molecular flexibility index (Phi) is 4.10. The number of carbonyl (C=O) groups is 1. The van der Waals surface area contributed by atoms with Gasteiger partial charge >= 0.3 is 0 Å². The van der Waals surface area contributed by atoms with Crippen LogP contribution in [-0.4, -0.2) is 25.7 Å². The first kappa shape index (κ1) is 12.8. The Hall–Kier alpha value is -1.68. The number of rotatable bonds is 3. The van der Waals surface area contributed by atoms with Gasteiger partial charge in [-0.05, 0) is 12.1 Å². The number of fused-ring (bicyclic) bond motifs is 1. The number of benzene rings is 1. The van der Waals surface area contributed by atoms with Gasteiger partial charge in [0.05, 0.1) is 18.2 Å². The van der Waals surface area contributed by atoms with Crippen molar-refractivity contribution in [2.45, 2.75) is 6.42 Å². The molecule has 0 unspecified atom stereocenters. The molecule has 1 amide bonds. The Balaban J connectivity index is 2.28. The predicted molar refractivity (Wildman–Crippen MR) is 69.6 cm³/mol. The van der Waals surface area contributed by atoms with Crippen molar-refractivity contribution in [1.29, 1.82) is 0 Å². The maximum atomic E-state index is 11.8. The molecule has 0 spiro atoms. The van der Waals surface area contributed by atoms with Crippen LogP contribution in [-0.2, 0) is 0 Å². The van der Waals surface area contributed by atoms with Crippen molar-refractivity contribution in [2.75, 3.05) is 19.8 Å². The Labute approximate surface area is 111 Å². The number of carbonyl (C=O) groups excluding carboxylic acids is 1. The van der Waals surface area contributed by atoms with Crippen molar-refractivity contribution < 1.29 is 14.3 Å². The lowest BCUT2D eigenvalue weighted by Crippen LogP contribution is -2.23. The van der Waals surface area contributed by atoms with Crippen molar-refractivity contribution in [2.24, 2.45) is 0 Å². The van der Waals surface area contributed by atoms with Gasteiger partial charge in [0.15, 0.2) is 11.5 Å². The van der Waals surface area contributed by atoms with E-state index in [9.17, 15) is 4.79 Å². The van der Waals surface area contributed by atoms with Gasteiger partial charge in [0.2, 0.25) is 0 Å². The number of hydrogen-bond donors (Lipinski definition) is 1. The lowest BCUT2D eigenvalue weighted by molar-refractivity contribution is 0.0957. The standard InChI is InChI=1S/C13H14ClNO3/c1-2-4-15-13(16)9-7-10(14)12-11(8-9)17-5-3-6-18-12/h2,7-8H,1,3-6H2,(H,15,16). The molecule has 0 aliphatic carbocycles. The maximum Gasteiger partial charge on any atom is 0.251 e. The van der Waals surface area contributed by atoms with Crippen LogP contribution in [0, 0.1) is 0 Å². The molecule has 0 fully saturated rings. The summed E-state index contributed by atoms with van der Waals surface area (Å²) < 4.78 is 11.0. The van der Waals surface area contributed by atoms with Gasteiger partial charge in [-0.15, -0.1) is 6.58 Å². The second-order valence-corrected chi connectivity index (χ2v) is 4.24. The molecule has 0 radical (unpaired) electrons. The van der Waals surface area contributed by atoms with Crippen LogP contribution in [0.25, 0.3) is 0 Å². The minimum absolute atomic E-state index is 0.215. The van der Waals surface area contributed by atoms with Crippen LogP contribution < -0.4 is 14.8 Å². The van der Waals surface area contributed by atoms with Crippen LogP contribution in [0.15, 0.2) is 24.8 Å². The summed E-state index contributed by atoms with van der Waals surface area (Å²) in [6, 6.07) is 3.22. The molecule has 1 aromatic rings. The molecular weight excluding hydrogens is 254 g/mol. The van der Waals surface area contributed by atoms with E-state index < -0.39 is 0 Å². The predicted octanol–water partition coefficient (Wildman–Crippen LogP) is 2.42. The molecule has 2 rings (SSSR count). The normalized spacial score (nSPS) is 13.6. The molecule has 0 atom stereocenters. The van der Waals surface area contributed by atoms with Crippen molar-refractivity contribution in [3.05, 3.63) is 35.4 Å². The van der Waals surface area contributed by atoms with Crippen molar-refractivity contribution in [3.8, 4) is 11.5 Å². The third kappa shape index (κ3) is 2.76. The van der Waals surface area contributed by atoms with Crippen LogP contribution in [0.2, 0.25) is 5.02 Å². The molecule has 0 saturated heterocycles. The SMILES string of the molecule is C=CCNC(=O)c1cc(Cl)c2c(c1)OCCCO2. The molecule has 1 heterocycles. The molecule has 0 saturated carbocycles. The molecule has 96 valence electrons. The Morgan fingerprint density at radius 2 is 2.22 bits per heavy atom. The zero-order valence-corrected chi connectivity index (χ0v) is 10.6. The van der Waals surface area contributed by atoms with E-state index in [4.69, 9.17) is 21.1 Å². The van der Waals surface area contributed by atoms with E-state index in [0.29, 0.717) is 41.8 Å².